The van der Waals surface area contributed by atoms with E-state index in [1.165, 1.54) is 6.42 Å². The molecule has 0 aliphatic carbocycles. The Hall–Kier alpha value is -1.37. The Balaban J connectivity index is 2.63. The Labute approximate surface area is 86.2 Å². The Kier molecular flexibility index (Phi) is 4.70. The summed E-state index contributed by atoms with van der Waals surface area (Å²) in [5.74, 6) is 0. The van der Waals surface area contributed by atoms with Crippen LogP contribution in [0.1, 0.15) is 37.9 Å². The molecule has 0 spiro atoms. The highest BCUT2D eigenvalue weighted by molar-refractivity contribution is 5.51. The smallest absolute Gasteiger partial charge is 0.0626 e. The van der Waals surface area contributed by atoms with Gasteiger partial charge >= 0.3 is 0 Å². The second-order valence-corrected chi connectivity index (χ2v) is 3.21. The van der Waals surface area contributed by atoms with Crippen molar-refractivity contribution in [1.82, 2.24) is 4.98 Å². The fourth-order valence-corrected chi connectivity index (χ4v) is 1.18. The van der Waals surface area contributed by atoms with Gasteiger partial charge in [0, 0.05) is 6.20 Å². The second-order valence-electron chi connectivity index (χ2n) is 3.21. The van der Waals surface area contributed by atoms with Crippen molar-refractivity contribution in [3.8, 4) is 0 Å². The van der Waals surface area contributed by atoms with E-state index in [0.29, 0.717) is 0 Å². The van der Waals surface area contributed by atoms with Gasteiger partial charge in [0.1, 0.15) is 0 Å². The molecule has 0 unspecified atom stereocenters. The predicted octanol–water partition coefficient (Wildman–Crippen LogP) is 3.93. The van der Waals surface area contributed by atoms with Gasteiger partial charge in [0.2, 0.25) is 0 Å². The van der Waals surface area contributed by atoms with E-state index >= 15 is 0 Å². The van der Waals surface area contributed by atoms with E-state index in [0.717, 1.165) is 17.7 Å². The lowest BCUT2D eigenvalue weighted by Crippen LogP contribution is -1.80. The molecule has 0 N–H and O–H groups in total. The van der Waals surface area contributed by atoms with Crippen molar-refractivity contribution in [2.24, 2.45) is 0 Å². The molecule has 14 heavy (non-hydrogen) atoms. The minimum atomic E-state index is 1.03. The summed E-state index contributed by atoms with van der Waals surface area (Å²) in [6, 6.07) is 4.13. The minimum absolute atomic E-state index is 1.03. The van der Waals surface area contributed by atoms with Crippen LogP contribution >= 0.6 is 0 Å². The number of aromatic nitrogens is 1. The molecule has 1 rings (SSSR count). The molecule has 0 saturated carbocycles. The lowest BCUT2D eigenvalue weighted by molar-refractivity contribution is 0.962. The molecule has 0 aliphatic rings. The summed E-state index contributed by atoms with van der Waals surface area (Å²) in [6.45, 7) is 4.18. The molecular formula is C13H17N. The third kappa shape index (κ3) is 3.56. The molecule has 1 heteroatoms. The van der Waals surface area contributed by atoms with Gasteiger partial charge in [-0.2, -0.15) is 0 Å². The lowest BCUT2D eigenvalue weighted by atomic mass is 10.2. The van der Waals surface area contributed by atoms with Crippen molar-refractivity contribution in [3.05, 3.63) is 41.7 Å². The highest BCUT2D eigenvalue weighted by Crippen LogP contribution is 2.04. The first-order valence-corrected chi connectivity index (χ1v) is 5.12. The van der Waals surface area contributed by atoms with Gasteiger partial charge in [-0.05, 0) is 31.1 Å². The molecule has 1 aromatic heterocycles. The van der Waals surface area contributed by atoms with Gasteiger partial charge in [0.05, 0.1) is 5.69 Å². The first-order chi connectivity index (χ1) is 6.86. The van der Waals surface area contributed by atoms with Crippen LogP contribution in [0.2, 0.25) is 0 Å². The Morgan fingerprint density at radius 2 is 2.14 bits per heavy atom. The fraction of sp³-hybridized carbons (Fsp3) is 0.308. The van der Waals surface area contributed by atoms with E-state index in [9.17, 15) is 0 Å². The van der Waals surface area contributed by atoms with Crippen LogP contribution in [0.25, 0.3) is 12.2 Å². The molecule has 0 saturated heterocycles. The third-order valence-corrected chi connectivity index (χ3v) is 1.91. The molecule has 1 aromatic rings. The van der Waals surface area contributed by atoms with Gasteiger partial charge in [-0.25, -0.2) is 0 Å². The van der Waals surface area contributed by atoms with E-state index in [1.807, 2.05) is 31.3 Å². The number of hydrogen-bond acceptors (Lipinski definition) is 1. The van der Waals surface area contributed by atoms with Crippen LogP contribution in [0.15, 0.2) is 30.5 Å². The molecule has 0 aliphatic heterocycles. The van der Waals surface area contributed by atoms with Crippen LogP contribution in [-0.4, -0.2) is 4.98 Å². The molecule has 0 aromatic carbocycles. The van der Waals surface area contributed by atoms with Crippen molar-refractivity contribution in [2.45, 2.75) is 26.7 Å². The van der Waals surface area contributed by atoms with Gasteiger partial charge in [0.15, 0.2) is 0 Å². The number of pyridine rings is 1. The summed E-state index contributed by atoms with van der Waals surface area (Å²) in [7, 11) is 0. The van der Waals surface area contributed by atoms with Crippen molar-refractivity contribution in [1.29, 1.82) is 0 Å². The van der Waals surface area contributed by atoms with Crippen LogP contribution in [0, 0.1) is 0 Å². The van der Waals surface area contributed by atoms with E-state index in [1.54, 1.807) is 0 Å². The number of rotatable bonds is 4. The van der Waals surface area contributed by atoms with E-state index in [2.05, 4.69) is 30.1 Å². The average Bonchev–Trinajstić information content (AvgIpc) is 2.21. The van der Waals surface area contributed by atoms with Crippen LogP contribution < -0.4 is 0 Å². The van der Waals surface area contributed by atoms with Crippen molar-refractivity contribution >= 4 is 12.2 Å². The van der Waals surface area contributed by atoms with Crippen LogP contribution in [0.5, 0.6) is 0 Å². The van der Waals surface area contributed by atoms with Crippen LogP contribution in [-0.2, 0) is 0 Å². The van der Waals surface area contributed by atoms with E-state index in [4.69, 9.17) is 0 Å². The molecule has 1 nitrogen and oxygen atoms in total. The van der Waals surface area contributed by atoms with Gasteiger partial charge < -0.3 is 0 Å². The monoisotopic (exact) mass is 187 g/mol. The summed E-state index contributed by atoms with van der Waals surface area (Å²) < 4.78 is 0. The number of nitrogens with zero attached hydrogens (tertiary/aromatic N) is 1. The number of hydrogen-bond donors (Lipinski definition) is 0. The molecular weight excluding hydrogens is 170 g/mol. The highest BCUT2D eigenvalue weighted by Gasteiger charge is 1.88. The normalized spacial score (nSPS) is 11.6. The Bertz CT molecular complexity index is 307. The largest absolute Gasteiger partial charge is 0.256 e. The molecule has 0 amide bonds. The molecule has 1 heterocycles. The molecule has 0 bridgehead atoms. The first kappa shape index (κ1) is 10.7. The van der Waals surface area contributed by atoms with Gasteiger partial charge in [-0.15, -0.1) is 0 Å². The molecule has 0 atom stereocenters. The molecule has 0 fully saturated rings. The summed E-state index contributed by atoms with van der Waals surface area (Å²) in [5.41, 5.74) is 2.19. The number of unbranched alkanes of at least 4 members (excludes halogenated alkanes) is 1. The predicted molar refractivity (Wildman–Crippen MR) is 62.9 cm³/mol. The topological polar surface area (TPSA) is 12.9 Å². The van der Waals surface area contributed by atoms with E-state index < -0.39 is 0 Å². The van der Waals surface area contributed by atoms with Crippen molar-refractivity contribution < 1.29 is 0 Å². The SMILES string of the molecule is C/C=C/c1ccc(/C=C/CCC)nc1. The van der Waals surface area contributed by atoms with Crippen molar-refractivity contribution in [3.63, 3.8) is 0 Å². The van der Waals surface area contributed by atoms with E-state index in [-0.39, 0.29) is 0 Å². The maximum absolute atomic E-state index is 4.33. The Morgan fingerprint density at radius 3 is 2.71 bits per heavy atom. The van der Waals surface area contributed by atoms with Crippen LogP contribution in [0.4, 0.5) is 0 Å². The average molecular weight is 187 g/mol. The quantitative estimate of drug-likeness (QED) is 0.696. The zero-order chi connectivity index (χ0) is 10.2. The summed E-state index contributed by atoms with van der Waals surface area (Å²) >= 11 is 0. The zero-order valence-corrected chi connectivity index (χ0v) is 8.90. The maximum atomic E-state index is 4.33. The number of allylic oxidation sites excluding steroid dienone is 2. The van der Waals surface area contributed by atoms with Gasteiger partial charge in [-0.1, -0.05) is 37.6 Å². The third-order valence-electron chi connectivity index (χ3n) is 1.91. The fourth-order valence-electron chi connectivity index (χ4n) is 1.18. The standard InChI is InChI=1S/C13H17N/c1-3-5-6-8-13-10-9-12(7-4-2)11-14-13/h4,6-11H,3,5H2,1-2H3/b7-4+,8-6+. The minimum Gasteiger partial charge on any atom is -0.256 e. The zero-order valence-electron chi connectivity index (χ0n) is 8.90. The van der Waals surface area contributed by atoms with Gasteiger partial charge in [-0.3, -0.25) is 4.98 Å². The molecule has 74 valence electrons. The second kappa shape index (κ2) is 6.14. The highest BCUT2D eigenvalue weighted by atomic mass is 14.7. The summed E-state index contributed by atoms with van der Waals surface area (Å²) in [6.07, 6.45) is 12.5. The van der Waals surface area contributed by atoms with Crippen molar-refractivity contribution in [2.75, 3.05) is 0 Å². The Morgan fingerprint density at radius 1 is 1.29 bits per heavy atom. The lowest BCUT2D eigenvalue weighted by Gasteiger charge is -1.94. The summed E-state index contributed by atoms with van der Waals surface area (Å²) in [4.78, 5) is 4.33. The van der Waals surface area contributed by atoms with Crippen LogP contribution in [0.3, 0.4) is 0 Å². The maximum Gasteiger partial charge on any atom is 0.0626 e. The molecule has 0 radical (unpaired) electrons. The van der Waals surface area contributed by atoms with Gasteiger partial charge in [0.25, 0.3) is 0 Å². The summed E-state index contributed by atoms with van der Waals surface area (Å²) in [5, 5.41) is 0. The first-order valence-electron chi connectivity index (χ1n) is 5.12.